The third kappa shape index (κ3) is 3.19. The second kappa shape index (κ2) is 5.35. The fourth-order valence-electron chi connectivity index (χ4n) is 1.47. The lowest BCUT2D eigenvalue weighted by molar-refractivity contribution is 0.176. The molecule has 1 rings (SSSR count). The molecule has 96 valence electrons. The number of rotatable bonds is 4. The summed E-state index contributed by atoms with van der Waals surface area (Å²) < 4.78 is 25.5. The van der Waals surface area contributed by atoms with Crippen LogP contribution in [0.4, 0.5) is 0 Å². The molecule has 2 atom stereocenters. The van der Waals surface area contributed by atoms with Crippen LogP contribution < -0.4 is 4.72 Å². The molecule has 4 nitrogen and oxygen atoms in total. The predicted octanol–water partition coefficient (Wildman–Crippen LogP) is 1.56. The summed E-state index contributed by atoms with van der Waals surface area (Å²) in [6.45, 7) is 3.46. The highest BCUT2D eigenvalue weighted by Gasteiger charge is 2.19. The van der Waals surface area contributed by atoms with Crippen LogP contribution in [-0.4, -0.2) is 25.9 Å². The molecule has 0 amide bonds. The maximum Gasteiger partial charge on any atom is 0.240 e. The Bertz CT molecular complexity index is 499. The Kier molecular flexibility index (Phi) is 4.55. The second-order valence-corrected chi connectivity index (χ2v) is 6.42. The van der Waals surface area contributed by atoms with Crippen molar-refractivity contribution >= 4 is 21.6 Å². The Morgan fingerprint density at radius 3 is 2.47 bits per heavy atom. The van der Waals surface area contributed by atoms with Crippen LogP contribution in [-0.2, 0) is 10.0 Å². The molecule has 0 spiro atoms. The van der Waals surface area contributed by atoms with Crippen LogP contribution in [0.2, 0.25) is 0 Å². The van der Waals surface area contributed by atoms with Gasteiger partial charge in [0.05, 0.1) is 16.4 Å². The van der Waals surface area contributed by atoms with Crippen molar-refractivity contribution in [3.8, 4) is 0 Å². The minimum absolute atomic E-state index is 0.122. The average molecular weight is 278 g/mol. The van der Waals surface area contributed by atoms with Gasteiger partial charge in [0.15, 0.2) is 0 Å². The van der Waals surface area contributed by atoms with Crippen LogP contribution in [0, 0.1) is 6.92 Å². The van der Waals surface area contributed by atoms with Crippen LogP contribution in [0.25, 0.3) is 0 Å². The fraction of sp³-hybridized carbons (Fsp3) is 0.455. The van der Waals surface area contributed by atoms with Crippen LogP contribution in [0.5, 0.6) is 0 Å². The molecule has 0 aliphatic rings. The first-order valence-corrected chi connectivity index (χ1v) is 7.07. The molecule has 1 aromatic rings. The van der Waals surface area contributed by atoms with Crippen LogP contribution in [0.15, 0.2) is 23.1 Å². The van der Waals surface area contributed by atoms with E-state index in [9.17, 15) is 13.5 Å². The Hall–Kier alpha value is -0.620. The molecule has 0 saturated heterocycles. The summed E-state index contributed by atoms with van der Waals surface area (Å²) in [4.78, 5) is 0.122. The van der Waals surface area contributed by atoms with Crippen LogP contribution in [0.3, 0.4) is 0 Å². The first-order chi connectivity index (χ1) is 7.79. The number of halogens is 1. The normalized spacial score (nSPS) is 15.6. The first kappa shape index (κ1) is 14.4. The molecule has 0 bridgehead atoms. The Morgan fingerprint density at radius 1 is 1.41 bits per heavy atom. The summed E-state index contributed by atoms with van der Waals surface area (Å²) in [6, 6.07) is 4.60. The highest BCUT2D eigenvalue weighted by molar-refractivity contribution is 7.89. The van der Waals surface area contributed by atoms with Gasteiger partial charge in [-0.1, -0.05) is 6.07 Å². The van der Waals surface area contributed by atoms with Gasteiger partial charge in [-0.2, -0.15) is 0 Å². The number of aliphatic hydroxyl groups excluding tert-OH is 1. The molecule has 1 aromatic carbocycles. The van der Waals surface area contributed by atoms with Crippen molar-refractivity contribution in [2.45, 2.75) is 30.2 Å². The minimum Gasteiger partial charge on any atom is -0.387 e. The molecule has 0 saturated carbocycles. The van der Waals surface area contributed by atoms with E-state index in [1.54, 1.807) is 19.9 Å². The number of aryl methyl sites for hydroxylation is 1. The summed E-state index contributed by atoms with van der Waals surface area (Å²) in [5.74, 6) is 0. The third-order valence-electron chi connectivity index (χ3n) is 2.58. The van der Waals surface area contributed by atoms with E-state index in [1.165, 1.54) is 19.2 Å². The van der Waals surface area contributed by atoms with Gasteiger partial charge in [-0.3, -0.25) is 0 Å². The van der Waals surface area contributed by atoms with Gasteiger partial charge in [-0.05, 0) is 44.2 Å². The van der Waals surface area contributed by atoms with Crippen molar-refractivity contribution in [1.82, 2.24) is 4.72 Å². The molecule has 2 unspecified atom stereocenters. The second-order valence-electron chi connectivity index (χ2n) is 3.85. The molecule has 0 heterocycles. The Labute approximate surface area is 107 Å². The Morgan fingerprint density at radius 2 is 2.00 bits per heavy atom. The lowest BCUT2D eigenvalue weighted by Crippen LogP contribution is -2.19. The zero-order valence-corrected chi connectivity index (χ0v) is 11.5. The summed E-state index contributed by atoms with van der Waals surface area (Å²) in [6.07, 6.45) is -0.885. The van der Waals surface area contributed by atoms with E-state index in [4.69, 9.17) is 11.6 Å². The monoisotopic (exact) mass is 277 g/mol. The highest BCUT2D eigenvalue weighted by Crippen LogP contribution is 2.26. The number of alkyl halides is 1. The van der Waals surface area contributed by atoms with E-state index in [2.05, 4.69) is 4.72 Å². The SMILES string of the molecule is CNS(=O)(=O)c1ccc(C)c(C(O)C(C)Cl)c1. The molecule has 0 radical (unpaired) electrons. The van der Waals surface area contributed by atoms with E-state index < -0.39 is 21.5 Å². The number of nitrogens with one attached hydrogen (secondary N) is 1. The molecular weight excluding hydrogens is 262 g/mol. The van der Waals surface area contributed by atoms with E-state index in [-0.39, 0.29) is 4.90 Å². The van der Waals surface area contributed by atoms with Crippen molar-refractivity contribution in [3.63, 3.8) is 0 Å². The zero-order valence-electron chi connectivity index (χ0n) is 9.94. The quantitative estimate of drug-likeness (QED) is 0.821. The molecule has 0 aliphatic carbocycles. The molecule has 0 aliphatic heterocycles. The van der Waals surface area contributed by atoms with Crippen molar-refractivity contribution in [2.75, 3.05) is 7.05 Å². The van der Waals surface area contributed by atoms with E-state index >= 15 is 0 Å². The van der Waals surface area contributed by atoms with E-state index in [0.717, 1.165) is 5.56 Å². The number of aliphatic hydroxyl groups is 1. The van der Waals surface area contributed by atoms with Gasteiger partial charge in [0, 0.05) is 0 Å². The van der Waals surface area contributed by atoms with Crippen LogP contribution >= 0.6 is 11.6 Å². The van der Waals surface area contributed by atoms with Gasteiger partial charge < -0.3 is 5.11 Å². The zero-order chi connectivity index (χ0) is 13.2. The lowest BCUT2D eigenvalue weighted by atomic mass is 10.0. The number of sulfonamides is 1. The summed E-state index contributed by atoms with van der Waals surface area (Å²) in [7, 11) is -2.16. The largest absolute Gasteiger partial charge is 0.387 e. The number of hydrogen-bond donors (Lipinski definition) is 2. The molecular formula is C11H16ClNO3S. The summed E-state index contributed by atoms with van der Waals surface area (Å²) in [5, 5.41) is 9.41. The van der Waals surface area contributed by atoms with E-state index in [0.29, 0.717) is 5.56 Å². The lowest BCUT2D eigenvalue weighted by Gasteiger charge is -2.17. The smallest absolute Gasteiger partial charge is 0.240 e. The van der Waals surface area contributed by atoms with Crippen molar-refractivity contribution in [1.29, 1.82) is 0 Å². The van der Waals surface area contributed by atoms with Crippen molar-refractivity contribution in [2.24, 2.45) is 0 Å². The fourth-order valence-corrected chi connectivity index (χ4v) is 2.37. The third-order valence-corrected chi connectivity index (χ3v) is 4.23. The topological polar surface area (TPSA) is 66.4 Å². The highest BCUT2D eigenvalue weighted by atomic mass is 35.5. The van der Waals surface area contributed by atoms with E-state index in [1.807, 2.05) is 0 Å². The van der Waals surface area contributed by atoms with Gasteiger partial charge in [0.1, 0.15) is 0 Å². The number of benzene rings is 1. The van der Waals surface area contributed by atoms with Crippen LogP contribution in [0.1, 0.15) is 24.2 Å². The maximum atomic E-state index is 11.6. The minimum atomic E-state index is -3.50. The summed E-state index contributed by atoms with van der Waals surface area (Å²) in [5.41, 5.74) is 1.34. The maximum absolute atomic E-state index is 11.6. The molecule has 6 heteroatoms. The van der Waals surface area contributed by atoms with Crippen molar-refractivity contribution in [3.05, 3.63) is 29.3 Å². The first-order valence-electron chi connectivity index (χ1n) is 5.16. The molecule has 0 aromatic heterocycles. The van der Waals surface area contributed by atoms with Crippen molar-refractivity contribution < 1.29 is 13.5 Å². The molecule has 17 heavy (non-hydrogen) atoms. The Balaban J connectivity index is 3.30. The van der Waals surface area contributed by atoms with Gasteiger partial charge >= 0.3 is 0 Å². The van der Waals surface area contributed by atoms with Gasteiger partial charge in [-0.25, -0.2) is 13.1 Å². The summed E-state index contributed by atoms with van der Waals surface area (Å²) >= 11 is 5.82. The molecule has 2 N–H and O–H groups in total. The average Bonchev–Trinajstić information content (AvgIpc) is 2.28. The van der Waals surface area contributed by atoms with Gasteiger partial charge in [-0.15, -0.1) is 11.6 Å². The van der Waals surface area contributed by atoms with Gasteiger partial charge in [0.25, 0.3) is 0 Å². The van der Waals surface area contributed by atoms with Gasteiger partial charge in [0.2, 0.25) is 10.0 Å². The standard InChI is InChI=1S/C11H16ClNO3S/c1-7-4-5-9(17(15,16)13-3)6-10(7)11(14)8(2)12/h4-6,8,11,13-14H,1-3H3. The molecule has 0 fully saturated rings. The number of hydrogen-bond acceptors (Lipinski definition) is 3. The predicted molar refractivity (Wildman–Crippen MR) is 67.7 cm³/mol.